The van der Waals surface area contributed by atoms with Gasteiger partial charge in [-0.05, 0) is 37.0 Å². The van der Waals surface area contributed by atoms with Crippen LogP contribution in [0.2, 0.25) is 5.02 Å². The maximum Gasteiger partial charge on any atom is 0.260 e. The van der Waals surface area contributed by atoms with Crippen LogP contribution in [0.3, 0.4) is 0 Å². The van der Waals surface area contributed by atoms with Crippen molar-refractivity contribution in [3.8, 4) is 5.75 Å². The normalized spacial score (nSPS) is 18.4. The van der Waals surface area contributed by atoms with E-state index in [4.69, 9.17) is 21.4 Å². The zero-order valence-electron chi connectivity index (χ0n) is 11.0. The highest BCUT2D eigenvalue weighted by atomic mass is 35.5. The summed E-state index contributed by atoms with van der Waals surface area (Å²) in [7, 11) is 0. The zero-order chi connectivity index (χ0) is 14.5. The van der Waals surface area contributed by atoms with E-state index >= 15 is 0 Å². The molecule has 0 saturated carbocycles. The first kappa shape index (κ1) is 15.1. The minimum Gasteiger partial charge on any atom is -0.482 e. The van der Waals surface area contributed by atoms with Crippen molar-refractivity contribution in [2.45, 2.75) is 12.8 Å². The Morgan fingerprint density at radius 1 is 1.55 bits per heavy atom. The van der Waals surface area contributed by atoms with Crippen LogP contribution in [0.1, 0.15) is 12.8 Å². The van der Waals surface area contributed by atoms with Crippen LogP contribution in [0, 0.1) is 11.7 Å². The first-order valence-electron chi connectivity index (χ1n) is 6.56. The molecule has 1 aromatic carbocycles. The maximum atomic E-state index is 12.9. The summed E-state index contributed by atoms with van der Waals surface area (Å²) < 4.78 is 18.2. The van der Waals surface area contributed by atoms with Gasteiger partial charge < -0.3 is 14.7 Å². The lowest BCUT2D eigenvalue weighted by atomic mass is 10.1. The molecule has 0 aromatic heterocycles. The van der Waals surface area contributed by atoms with Crippen molar-refractivity contribution in [2.75, 3.05) is 26.3 Å². The molecule has 0 bridgehead atoms. The molecule has 1 saturated heterocycles. The van der Waals surface area contributed by atoms with Gasteiger partial charge >= 0.3 is 0 Å². The van der Waals surface area contributed by atoms with Crippen LogP contribution in [-0.2, 0) is 4.79 Å². The van der Waals surface area contributed by atoms with E-state index in [-0.39, 0.29) is 24.1 Å². The zero-order valence-corrected chi connectivity index (χ0v) is 11.8. The predicted octanol–water partition coefficient (Wildman–Crippen LogP) is 2.09. The summed E-state index contributed by atoms with van der Waals surface area (Å²) >= 11 is 5.82. The summed E-state index contributed by atoms with van der Waals surface area (Å²) in [6, 6.07) is 3.79. The number of aliphatic hydroxyl groups excluding tert-OH is 1. The van der Waals surface area contributed by atoms with E-state index in [9.17, 15) is 9.18 Å². The lowest BCUT2D eigenvalue weighted by molar-refractivity contribution is -0.132. The van der Waals surface area contributed by atoms with Crippen LogP contribution in [0.25, 0.3) is 0 Å². The molecule has 1 fully saturated rings. The standard InChI is InChI=1S/C14H17ClFNO3/c15-12-7-11(16)1-2-13(12)20-9-14(19)17-5-3-10(8-17)4-6-18/h1-2,7,10,18H,3-6,8-9H2. The third-order valence-electron chi connectivity index (χ3n) is 3.42. The summed E-state index contributed by atoms with van der Waals surface area (Å²) in [6.45, 7) is 1.37. The topological polar surface area (TPSA) is 49.8 Å². The second kappa shape index (κ2) is 6.90. The summed E-state index contributed by atoms with van der Waals surface area (Å²) in [6.07, 6.45) is 1.62. The Bertz CT molecular complexity index is 483. The van der Waals surface area contributed by atoms with Crippen molar-refractivity contribution in [1.82, 2.24) is 4.90 Å². The Morgan fingerprint density at radius 2 is 2.35 bits per heavy atom. The van der Waals surface area contributed by atoms with Gasteiger partial charge in [0.15, 0.2) is 6.61 Å². The van der Waals surface area contributed by atoms with Gasteiger partial charge in [-0.1, -0.05) is 11.6 Å². The summed E-state index contributed by atoms with van der Waals surface area (Å²) in [5.41, 5.74) is 0. The number of likely N-dealkylation sites (tertiary alicyclic amines) is 1. The van der Waals surface area contributed by atoms with Gasteiger partial charge in [0.05, 0.1) is 5.02 Å². The third-order valence-corrected chi connectivity index (χ3v) is 3.72. The van der Waals surface area contributed by atoms with Gasteiger partial charge in [-0.15, -0.1) is 0 Å². The van der Waals surface area contributed by atoms with Crippen molar-refractivity contribution in [1.29, 1.82) is 0 Å². The van der Waals surface area contributed by atoms with Crippen LogP contribution < -0.4 is 4.74 Å². The first-order valence-corrected chi connectivity index (χ1v) is 6.94. The van der Waals surface area contributed by atoms with E-state index in [0.717, 1.165) is 12.5 Å². The van der Waals surface area contributed by atoms with Crippen LogP contribution in [0.15, 0.2) is 18.2 Å². The molecule has 1 atom stereocenters. The van der Waals surface area contributed by atoms with E-state index in [2.05, 4.69) is 0 Å². The fraction of sp³-hybridized carbons (Fsp3) is 0.500. The average Bonchev–Trinajstić information content (AvgIpc) is 2.86. The number of ether oxygens (including phenoxy) is 1. The molecule has 1 N–H and O–H groups in total. The van der Waals surface area contributed by atoms with Crippen LogP contribution in [0.4, 0.5) is 4.39 Å². The third kappa shape index (κ3) is 3.84. The van der Waals surface area contributed by atoms with Crippen molar-refractivity contribution in [3.63, 3.8) is 0 Å². The lowest BCUT2D eigenvalue weighted by Crippen LogP contribution is -2.33. The summed E-state index contributed by atoms with van der Waals surface area (Å²) in [5, 5.41) is 9.03. The summed E-state index contributed by atoms with van der Waals surface area (Å²) in [4.78, 5) is 13.7. The molecule has 2 rings (SSSR count). The molecular formula is C14H17ClFNO3. The number of halogens is 2. The van der Waals surface area contributed by atoms with Gasteiger partial charge in [-0.3, -0.25) is 4.79 Å². The van der Waals surface area contributed by atoms with Crippen molar-refractivity contribution in [3.05, 3.63) is 29.0 Å². The Kier molecular flexibility index (Phi) is 5.20. The van der Waals surface area contributed by atoms with Crippen LogP contribution in [-0.4, -0.2) is 42.2 Å². The summed E-state index contributed by atoms with van der Waals surface area (Å²) in [5.74, 6) is 0.0942. The van der Waals surface area contributed by atoms with E-state index in [1.165, 1.54) is 12.1 Å². The Labute approximate surface area is 122 Å². The largest absolute Gasteiger partial charge is 0.482 e. The highest BCUT2D eigenvalue weighted by Gasteiger charge is 2.25. The van der Waals surface area contributed by atoms with Gasteiger partial charge in [0.25, 0.3) is 5.91 Å². The van der Waals surface area contributed by atoms with Gasteiger partial charge in [0.2, 0.25) is 0 Å². The Morgan fingerprint density at radius 3 is 3.05 bits per heavy atom. The van der Waals surface area contributed by atoms with Gasteiger partial charge in [0.1, 0.15) is 11.6 Å². The molecule has 110 valence electrons. The number of rotatable bonds is 5. The number of benzene rings is 1. The monoisotopic (exact) mass is 301 g/mol. The molecule has 20 heavy (non-hydrogen) atoms. The molecule has 6 heteroatoms. The number of nitrogens with zero attached hydrogens (tertiary/aromatic N) is 1. The Balaban J connectivity index is 1.83. The highest BCUT2D eigenvalue weighted by Crippen LogP contribution is 2.25. The fourth-order valence-corrected chi connectivity index (χ4v) is 2.52. The number of amides is 1. The first-order chi connectivity index (χ1) is 9.60. The minimum absolute atomic E-state index is 0.114. The predicted molar refractivity (Wildman–Crippen MR) is 73.3 cm³/mol. The van der Waals surface area contributed by atoms with Crippen LogP contribution >= 0.6 is 11.6 Å². The minimum atomic E-state index is -0.444. The van der Waals surface area contributed by atoms with E-state index in [1.807, 2.05) is 0 Å². The fourth-order valence-electron chi connectivity index (χ4n) is 2.30. The molecule has 0 radical (unpaired) electrons. The number of carbonyl (C=O) groups excluding carboxylic acids is 1. The molecule has 4 nitrogen and oxygen atoms in total. The van der Waals surface area contributed by atoms with E-state index < -0.39 is 5.82 Å². The molecular weight excluding hydrogens is 285 g/mol. The van der Waals surface area contributed by atoms with Gasteiger partial charge in [0, 0.05) is 19.7 Å². The van der Waals surface area contributed by atoms with E-state index in [1.54, 1.807) is 4.90 Å². The quantitative estimate of drug-likeness (QED) is 0.906. The molecule has 0 spiro atoms. The van der Waals surface area contributed by atoms with E-state index in [0.29, 0.717) is 31.2 Å². The second-order valence-corrected chi connectivity index (χ2v) is 5.28. The molecule has 1 aliphatic rings. The highest BCUT2D eigenvalue weighted by molar-refractivity contribution is 6.32. The van der Waals surface area contributed by atoms with Crippen LogP contribution in [0.5, 0.6) is 5.75 Å². The van der Waals surface area contributed by atoms with Crippen molar-refractivity contribution < 1.29 is 19.0 Å². The number of hydrogen-bond acceptors (Lipinski definition) is 3. The Hall–Kier alpha value is -1.33. The van der Waals surface area contributed by atoms with Gasteiger partial charge in [-0.25, -0.2) is 4.39 Å². The molecule has 1 aromatic rings. The number of aliphatic hydroxyl groups is 1. The maximum absolute atomic E-state index is 12.9. The second-order valence-electron chi connectivity index (χ2n) is 4.87. The number of hydrogen-bond donors (Lipinski definition) is 1. The number of carbonyl (C=O) groups is 1. The lowest BCUT2D eigenvalue weighted by Gasteiger charge is -2.17. The van der Waals surface area contributed by atoms with Crippen molar-refractivity contribution >= 4 is 17.5 Å². The molecule has 0 aliphatic carbocycles. The SMILES string of the molecule is O=C(COc1ccc(F)cc1Cl)N1CCC(CCO)C1. The molecule has 1 amide bonds. The van der Waals surface area contributed by atoms with Crippen molar-refractivity contribution in [2.24, 2.45) is 5.92 Å². The smallest absolute Gasteiger partial charge is 0.260 e. The van der Waals surface area contributed by atoms with Gasteiger partial charge in [-0.2, -0.15) is 0 Å². The molecule has 1 unspecified atom stereocenters. The molecule has 1 heterocycles. The average molecular weight is 302 g/mol. The molecule has 1 aliphatic heterocycles.